The number of aliphatic hydroxyl groups is 1. The number of likely N-dealkylation sites (tertiary alicyclic amines) is 2. The lowest BCUT2D eigenvalue weighted by molar-refractivity contribution is -0.131. The molecular formula is C17H29N3O3. The number of nitrogens with zero attached hydrogens (tertiary/aromatic N) is 2. The summed E-state index contributed by atoms with van der Waals surface area (Å²) in [7, 11) is 0. The highest BCUT2D eigenvalue weighted by atomic mass is 16.3. The first-order valence-corrected chi connectivity index (χ1v) is 8.93. The quantitative estimate of drug-likeness (QED) is 0.766. The van der Waals surface area contributed by atoms with E-state index in [1.165, 1.54) is 12.8 Å². The van der Waals surface area contributed by atoms with Gasteiger partial charge in [-0.3, -0.25) is 9.59 Å². The van der Waals surface area contributed by atoms with Crippen molar-refractivity contribution in [2.45, 2.75) is 57.1 Å². The molecule has 0 aromatic heterocycles. The maximum Gasteiger partial charge on any atom is 0.222 e. The molecule has 3 aliphatic rings. The molecule has 0 spiro atoms. The van der Waals surface area contributed by atoms with E-state index in [0.29, 0.717) is 38.4 Å². The van der Waals surface area contributed by atoms with Crippen LogP contribution in [0.25, 0.3) is 0 Å². The molecule has 3 rings (SSSR count). The molecule has 0 aromatic rings. The fraction of sp³-hybridized carbons (Fsp3) is 0.882. The van der Waals surface area contributed by atoms with Crippen LogP contribution in [0.1, 0.15) is 45.4 Å². The van der Waals surface area contributed by atoms with Gasteiger partial charge in [0, 0.05) is 45.6 Å². The lowest BCUT2D eigenvalue weighted by atomic mass is 9.99. The molecule has 0 aromatic carbocycles. The second-order valence-electron chi connectivity index (χ2n) is 7.69. The van der Waals surface area contributed by atoms with Gasteiger partial charge in [-0.05, 0) is 38.0 Å². The fourth-order valence-corrected chi connectivity index (χ4v) is 3.84. The third kappa shape index (κ3) is 4.67. The summed E-state index contributed by atoms with van der Waals surface area (Å²) in [4.78, 5) is 27.4. The molecule has 1 saturated carbocycles. The van der Waals surface area contributed by atoms with E-state index in [-0.39, 0.29) is 17.9 Å². The maximum absolute atomic E-state index is 12.2. The molecule has 130 valence electrons. The number of carbonyl (C=O) groups is 2. The van der Waals surface area contributed by atoms with Gasteiger partial charge in [-0.2, -0.15) is 0 Å². The average molecular weight is 323 g/mol. The summed E-state index contributed by atoms with van der Waals surface area (Å²) in [5.41, 5.74) is -0.764. The van der Waals surface area contributed by atoms with Gasteiger partial charge >= 0.3 is 0 Å². The first kappa shape index (κ1) is 16.7. The molecule has 6 nitrogen and oxygen atoms in total. The van der Waals surface area contributed by atoms with Gasteiger partial charge in [0.25, 0.3) is 0 Å². The van der Waals surface area contributed by atoms with Crippen LogP contribution in [0.4, 0.5) is 0 Å². The van der Waals surface area contributed by atoms with Crippen molar-refractivity contribution >= 4 is 11.8 Å². The number of hydrogen-bond donors (Lipinski definition) is 2. The minimum atomic E-state index is -0.764. The highest BCUT2D eigenvalue weighted by Crippen LogP contribution is 2.34. The standard InChI is InChI=1S/C17H29N3O3/c1-13(21)18-15-4-7-19(8-5-15)11-17(23)6-9-20(12-17)16(22)10-14-2-3-14/h14-15,23H,2-12H2,1H3,(H,18,21). The molecule has 2 aliphatic heterocycles. The van der Waals surface area contributed by atoms with Crippen molar-refractivity contribution < 1.29 is 14.7 Å². The molecule has 1 atom stereocenters. The van der Waals surface area contributed by atoms with Gasteiger partial charge in [0.2, 0.25) is 11.8 Å². The van der Waals surface area contributed by atoms with E-state index < -0.39 is 5.60 Å². The second kappa shape index (κ2) is 6.77. The summed E-state index contributed by atoms with van der Waals surface area (Å²) in [5.74, 6) is 0.847. The molecule has 1 aliphatic carbocycles. The van der Waals surface area contributed by atoms with E-state index in [1.807, 2.05) is 4.90 Å². The Morgan fingerprint density at radius 2 is 1.87 bits per heavy atom. The summed E-state index contributed by atoms with van der Waals surface area (Å²) < 4.78 is 0. The Bertz CT molecular complexity index is 458. The van der Waals surface area contributed by atoms with E-state index in [9.17, 15) is 14.7 Å². The SMILES string of the molecule is CC(=O)NC1CCN(CC2(O)CCN(C(=O)CC3CC3)C2)CC1. The van der Waals surface area contributed by atoms with Crippen molar-refractivity contribution in [1.82, 2.24) is 15.1 Å². The zero-order chi connectivity index (χ0) is 16.4. The van der Waals surface area contributed by atoms with Crippen LogP contribution in [-0.2, 0) is 9.59 Å². The molecule has 23 heavy (non-hydrogen) atoms. The molecule has 0 bridgehead atoms. The lowest BCUT2D eigenvalue weighted by Gasteiger charge is -2.36. The molecule has 0 radical (unpaired) electrons. The van der Waals surface area contributed by atoms with E-state index in [4.69, 9.17) is 0 Å². The Labute approximate surface area is 138 Å². The van der Waals surface area contributed by atoms with Gasteiger partial charge < -0.3 is 20.2 Å². The lowest BCUT2D eigenvalue weighted by Crippen LogP contribution is -2.50. The summed E-state index contributed by atoms with van der Waals surface area (Å²) in [6, 6.07) is 0.263. The summed E-state index contributed by atoms with van der Waals surface area (Å²) >= 11 is 0. The number of β-amino-alcohol motifs (C(OH)–C–C–N with tert-alkyl or cyclic N) is 1. The van der Waals surface area contributed by atoms with Crippen LogP contribution in [0, 0.1) is 5.92 Å². The van der Waals surface area contributed by atoms with Crippen LogP contribution in [0.3, 0.4) is 0 Å². The molecule has 2 amide bonds. The molecule has 2 heterocycles. The molecular weight excluding hydrogens is 294 g/mol. The third-order valence-electron chi connectivity index (χ3n) is 5.36. The predicted octanol–water partition coefficient (Wildman–Crippen LogP) is 0.350. The summed E-state index contributed by atoms with van der Waals surface area (Å²) in [6.07, 6.45) is 5.58. The Balaban J connectivity index is 1.43. The maximum atomic E-state index is 12.2. The van der Waals surface area contributed by atoms with E-state index in [2.05, 4.69) is 10.2 Å². The van der Waals surface area contributed by atoms with E-state index in [0.717, 1.165) is 25.9 Å². The minimum absolute atomic E-state index is 0.0303. The molecule has 1 unspecified atom stereocenters. The van der Waals surface area contributed by atoms with Crippen LogP contribution in [0.15, 0.2) is 0 Å². The largest absolute Gasteiger partial charge is 0.387 e. The number of hydrogen-bond acceptors (Lipinski definition) is 4. The number of amides is 2. The van der Waals surface area contributed by atoms with Gasteiger partial charge in [0.15, 0.2) is 0 Å². The zero-order valence-electron chi connectivity index (χ0n) is 14.1. The summed E-state index contributed by atoms with van der Waals surface area (Å²) in [6.45, 7) is 5.13. The van der Waals surface area contributed by atoms with Crippen molar-refractivity contribution in [2.24, 2.45) is 5.92 Å². The molecule has 6 heteroatoms. The van der Waals surface area contributed by atoms with Crippen molar-refractivity contribution in [2.75, 3.05) is 32.7 Å². The van der Waals surface area contributed by atoms with Crippen molar-refractivity contribution in [3.05, 3.63) is 0 Å². The normalized spacial score (nSPS) is 29.7. The number of nitrogens with one attached hydrogen (secondary N) is 1. The third-order valence-corrected chi connectivity index (χ3v) is 5.36. The van der Waals surface area contributed by atoms with Crippen molar-refractivity contribution in [1.29, 1.82) is 0 Å². The molecule has 3 fully saturated rings. The van der Waals surface area contributed by atoms with Crippen LogP contribution in [0.2, 0.25) is 0 Å². The minimum Gasteiger partial charge on any atom is -0.387 e. The van der Waals surface area contributed by atoms with Crippen LogP contribution in [-0.4, -0.2) is 71.1 Å². The van der Waals surface area contributed by atoms with Gasteiger partial charge in [0.1, 0.15) is 0 Å². The van der Waals surface area contributed by atoms with Gasteiger partial charge in [-0.1, -0.05) is 0 Å². The molecule has 2 N–H and O–H groups in total. The van der Waals surface area contributed by atoms with Crippen molar-refractivity contribution in [3.8, 4) is 0 Å². The van der Waals surface area contributed by atoms with Gasteiger partial charge in [-0.25, -0.2) is 0 Å². The zero-order valence-corrected chi connectivity index (χ0v) is 14.1. The molecule has 2 saturated heterocycles. The first-order chi connectivity index (χ1) is 10.9. The highest BCUT2D eigenvalue weighted by Gasteiger charge is 2.40. The highest BCUT2D eigenvalue weighted by molar-refractivity contribution is 5.77. The first-order valence-electron chi connectivity index (χ1n) is 8.93. The Morgan fingerprint density at radius 3 is 2.48 bits per heavy atom. The van der Waals surface area contributed by atoms with E-state index >= 15 is 0 Å². The second-order valence-corrected chi connectivity index (χ2v) is 7.69. The topological polar surface area (TPSA) is 72.9 Å². The number of rotatable bonds is 5. The Hall–Kier alpha value is -1.14. The van der Waals surface area contributed by atoms with Crippen LogP contribution in [0.5, 0.6) is 0 Å². The number of piperidine rings is 1. The summed E-state index contributed by atoms with van der Waals surface area (Å²) in [5, 5.41) is 13.8. The van der Waals surface area contributed by atoms with Crippen LogP contribution < -0.4 is 5.32 Å². The Morgan fingerprint density at radius 1 is 1.17 bits per heavy atom. The number of carbonyl (C=O) groups excluding carboxylic acids is 2. The average Bonchev–Trinajstić information content (AvgIpc) is 3.21. The van der Waals surface area contributed by atoms with Gasteiger partial charge in [-0.15, -0.1) is 0 Å². The monoisotopic (exact) mass is 323 g/mol. The predicted molar refractivity (Wildman–Crippen MR) is 86.8 cm³/mol. The van der Waals surface area contributed by atoms with Crippen LogP contribution >= 0.6 is 0 Å². The fourth-order valence-electron chi connectivity index (χ4n) is 3.84. The van der Waals surface area contributed by atoms with Crippen molar-refractivity contribution in [3.63, 3.8) is 0 Å². The van der Waals surface area contributed by atoms with E-state index in [1.54, 1.807) is 6.92 Å². The van der Waals surface area contributed by atoms with Gasteiger partial charge in [0.05, 0.1) is 12.1 Å². The Kier molecular flexibility index (Phi) is 4.92. The smallest absolute Gasteiger partial charge is 0.222 e.